The Morgan fingerprint density at radius 2 is 1.63 bits per heavy atom. The van der Waals surface area contributed by atoms with Gasteiger partial charge in [-0.25, -0.2) is 9.97 Å². The van der Waals surface area contributed by atoms with Crippen molar-refractivity contribution >= 4 is 28.4 Å². The van der Waals surface area contributed by atoms with Gasteiger partial charge >= 0.3 is 0 Å². The van der Waals surface area contributed by atoms with Gasteiger partial charge < -0.3 is 10.2 Å². The van der Waals surface area contributed by atoms with Gasteiger partial charge in [-0.1, -0.05) is 60.7 Å². The molecule has 1 amide bonds. The van der Waals surface area contributed by atoms with Gasteiger partial charge in [-0.15, -0.1) is 0 Å². The third-order valence-corrected chi connectivity index (χ3v) is 5.41. The Balaban J connectivity index is 1.42. The second-order valence-electron chi connectivity index (χ2n) is 7.52. The first-order chi connectivity index (χ1) is 14.8. The number of aromatic nitrogens is 2. The maximum absolute atomic E-state index is 11.8. The molecule has 0 bridgehead atoms. The number of hydrogen-bond acceptors (Lipinski definition) is 4. The van der Waals surface area contributed by atoms with Crippen molar-refractivity contribution in [2.75, 3.05) is 11.9 Å². The molecule has 2 heterocycles. The average molecular weight is 394 g/mol. The highest BCUT2D eigenvalue weighted by atomic mass is 16.2. The summed E-state index contributed by atoms with van der Waals surface area (Å²) >= 11 is 0. The quantitative estimate of drug-likeness (QED) is 0.508. The molecule has 5 nitrogen and oxygen atoms in total. The van der Waals surface area contributed by atoms with E-state index in [-0.39, 0.29) is 5.91 Å². The average Bonchev–Trinajstić information content (AvgIpc) is 3.19. The van der Waals surface area contributed by atoms with E-state index in [1.165, 1.54) is 0 Å². The number of anilines is 2. The number of carbonyl (C=O) groups is 1. The van der Waals surface area contributed by atoms with Crippen LogP contribution in [0.15, 0.2) is 78.9 Å². The number of hydrogen-bond donors (Lipinski definition) is 1. The van der Waals surface area contributed by atoms with Crippen molar-refractivity contribution in [3.63, 3.8) is 0 Å². The molecule has 0 spiro atoms. The van der Waals surface area contributed by atoms with E-state index in [0.29, 0.717) is 18.9 Å². The second-order valence-corrected chi connectivity index (χ2v) is 7.52. The van der Waals surface area contributed by atoms with Crippen LogP contribution >= 0.6 is 0 Å². The molecule has 5 heteroatoms. The molecular formula is C25H22N4O. The van der Waals surface area contributed by atoms with Crippen LogP contribution in [-0.2, 0) is 11.3 Å². The molecule has 1 fully saturated rings. The first-order valence-corrected chi connectivity index (χ1v) is 10.2. The van der Waals surface area contributed by atoms with Crippen molar-refractivity contribution in [1.82, 2.24) is 14.9 Å². The normalized spacial score (nSPS) is 13.7. The van der Waals surface area contributed by atoms with Crippen molar-refractivity contribution in [2.24, 2.45) is 0 Å². The largest absolute Gasteiger partial charge is 0.338 e. The molecule has 5 rings (SSSR count). The van der Waals surface area contributed by atoms with Crippen molar-refractivity contribution in [3.05, 3.63) is 84.4 Å². The molecular weight excluding hydrogens is 372 g/mol. The predicted molar refractivity (Wildman–Crippen MR) is 119 cm³/mol. The van der Waals surface area contributed by atoms with Gasteiger partial charge in [0.15, 0.2) is 0 Å². The molecule has 0 saturated carbocycles. The van der Waals surface area contributed by atoms with Crippen LogP contribution in [0.5, 0.6) is 0 Å². The highest BCUT2D eigenvalue weighted by molar-refractivity contribution is 5.93. The topological polar surface area (TPSA) is 58.1 Å². The molecule has 1 saturated heterocycles. The molecule has 0 unspecified atom stereocenters. The van der Waals surface area contributed by atoms with E-state index < -0.39 is 0 Å². The minimum atomic E-state index is 0.246. The number of amides is 1. The van der Waals surface area contributed by atoms with Crippen LogP contribution < -0.4 is 5.32 Å². The third-order valence-electron chi connectivity index (χ3n) is 5.41. The minimum absolute atomic E-state index is 0.246. The third kappa shape index (κ3) is 3.74. The van der Waals surface area contributed by atoms with E-state index in [0.717, 1.165) is 46.4 Å². The standard InChI is InChI=1S/C25H22N4O/c30-23-11-6-16-29(23)17-18-12-14-20(15-13-18)26-25-27-22-10-5-4-9-21(22)24(28-25)19-7-2-1-3-8-19/h1-5,7-10,12-15H,6,11,16-17H2,(H,26,27,28). The summed E-state index contributed by atoms with van der Waals surface area (Å²) in [6.07, 6.45) is 1.63. The predicted octanol–water partition coefficient (Wildman–Crippen LogP) is 5.16. The van der Waals surface area contributed by atoms with E-state index in [1.54, 1.807) is 0 Å². The lowest BCUT2D eigenvalue weighted by atomic mass is 10.1. The van der Waals surface area contributed by atoms with Crippen LogP contribution in [-0.4, -0.2) is 27.3 Å². The molecule has 148 valence electrons. The van der Waals surface area contributed by atoms with Gasteiger partial charge in [-0.2, -0.15) is 0 Å². The summed E-state index contributed by atoms with van der Waals surface area (Å²) in [4.78, 5) is 23.3. The Bertz CT molecular complexity index is 1190. The van der Waals surface area contributed by atoms with Gasteiger partial charge in [0.2, 0.25) is 11.9 Å². The fourth-order valence-corrected chi connectivity index (χ4v) is 3.86. The maximum atomic E-state index is 11.8. The number of rotatable bonds is 5. The molecule has 1 N–H and O–H groups in total. The molecule has 3 aromatic carbocycles. The zero-order valence-electron chi connectivity index (χ0n) is 16.6. The summed E-state index contributed by atoms with van der Waals surface area (Å²) in [5.74, 6) is 0.810. The number of nitrogens with zero attached hydrogens (tertiary/aromatic N) is 3. The molecule has 1 aromatic heterocycles. The molecule has 0 aliphatic carbocycles. The molecule has 0 radical (unpaired) electrons. The zero-order valence-corrected chi connectivity index (χ0v) is 16.6. The number of fused-ring (bicyclic) bond motifs is 1. The van der Waals surface area contributed by atoms with Crippen molar-refractivity contribution in [1.29, 1.82) is 0 Å². The Labute approximate surface area is 175 Å². The summed E-state index contributed by atoms with van der Waals surface area (Å²) in [6.45, 7) is 1.52. The molecule has 0 atom stereocenters. The summed E-state index contributed by atoms with van der Waals surface area (Å²) in [7, 11) is 0. The van der Waals surface area contributed by atoms with Crippen LogP contribution in [0, 0.1) is 0 Å². The van der Waals surface area contributed by atoms with Crippen LogP contribution in [0.2, 0.25) is 0 Å². The number of likely N-dealkylation sites (tertiary alicyclic amines) is 1. The summed E-state index contributed by atoms with van der Waals surface area (Å²) in [5.41, 5.74) is 4.91. The monoisotopic (exact) mass is 394 g/mol. The number of para-hydroxylation sites is 1. The fourth-order valence-electron chi connectivity index (χ4n) is 3.86. The second kappa shape index (κ2) is 7.95. The minimum Gasteiger partial charge on any atom is -0.338 e. The lowest BCUT2D eigenvalue weighted by Crippen LogP contribution is -2.23. The van der Waals surface area contributed by atoms with E-state index in [2.05, 4.69) is 23.5 Å². The lowest BCUT2D eigenvalue weighted by Gasteiger charge is -2.16. The van der Waals surface area contributed by atoms with Gasteiger partial charge in [-0.3, -0.25) is 4.79 Å². The lowest BCUT2D eigenvalue weighted by molar-refractivity contribution is -0.128. The number of nitrogens with one attached hydrogen (secondary N) is 1. The van der Waals surface area contributed by atoms with Crippen LogP contribution in [0.25, 0.3) is 22.2 Å². The zero-order chi connectivity index (χ0) is 20.3. The first kappa shape index (κ1) is 18.3. The van der Waals surface area contributed by atoms with E-state index >= 15 is 0 Å². The maximum Gasteiger partial charge on any atom is 0.228 e. The molecule has 30 heavy (non-hydrogen) atoms. The highest BCUT2D eigenvalue weighted by Crippen LogP contribution is 2.28. The molecule has 1 aliphatic rings. The number of carbonyl (C=O) groups excluding carboxylic acids is 1. The van der Waals surface area contributed by atoms with Crippen LogP contribution in [0.1, 0.15) is 18.4 Å². The van der Waals surface area contributed by atoms with Gasteiger partial charge in [0.05, 0.1) is 11.2 Å². The summed E-state index contributed by atoms with van der Waals surface area (Å²) < 4.78 is 0. The Hall–Kier alpha value is -3.73. The van der Waals surface area contributed by atoms with Crippen LogP contribution in [0.3, 0.4) is 0 Å². The van der Waals surface area contributed by atoms with Crippen molar-refractivity contribution in [2.45, 2.75) is 19.4 Å². The van der Waals surface area contributed by atoms with E-state index in [1.807, 2.05) is 65.6 Å². The Morgan fingerprint density at radius 1 is 0.867 bits per heavy atom. The summed E-state index contributed by atoms with van der Waals surface area (Å²) in [5, 5.41) is 4.36. The van der Waals surface area contributed by atoms with Gasteiger partial charge in [0.25, 0.3) is 0 Å². The Morgan fingerprint density at radius 3 is 2.40 bits per heavy atom. The van der Waals surface area contributed by atoms with Crippen molar-refractivity contribution < 1.29 is 4.79 Å². The smallest absolute Gasteiger partial charge is 0.228 e. The van der Waals surface area contributed by atoms with E-state index in [4.69, 9.17) is 9.97 Å². The molecule has 1 aliphatic heterocycles. The Kier molecular flexibility index (Phi) is 4.85. The van der Waals surface area contributed by atoms with Crippen LogP contribution in [0.4, 0.5) is 11.6 Å². The van der Waals surface area contributed by atoms with Gasteiger partial charge in [0, 0.05) is 36.1 Å². The van der Waals surface area contributed by atoms with E-state index in [9.17, 15) is 4.79 Å². The van der Waals surface area contributed by atoms with Crippen molar-refractivity contribution in [3.8, 4) is 11.3 Å². The first-order valence-electron chi connectivity index (χ1n) is 10.2. The fraction of sp³-hybridized carbons (Fsp3) is 0.160. The van der Waals surface area contributed by atoms with Gasteiger partial charge in [0.1, 0.15) is 0 Å². The SMILES string of the molecule is O=C1CCCN1Cc1ccc(Nc2nc(-c3ccccc3)c3ccccc3n2)cc1. The van der Waals surface area contributed by atoms with Gasteiger partial charge in [-0.05, 0) is 30.2 Å². The number of benzene rings is 3. The molecule has 4 aromatic rings. The summed E-state index contributed by atoms with van der Waals surface area (Å²) in [6, 6.07) is 26.3. The highest BCUT2D eigenvalue weighted by Gasteiger charge is 2.19.